The largest absolute Gasteiger partial charge is 0.377 e. The highest BCUT2D eigenvalue weighted by Crippen LogP contribution is 2.09. The Balaban J connectivity index is 2.13. The zero-order chi connectivity index (χ0) is 9.52. The van der Waals surface area contributed by atoms with Crippen LogP contribution < -0.4 is 5.73 Å². The first-order valence-electron chi connectivity index (χ1n) is 4.70. The van der Waals surface area contributed by atoms with E-state index in [1.165, 1.54) is 4.88 Å². The van der Waals surface area contributed by atoms with Crippen molar-refractivity contribution in [3.05, 3.63) is 22.4 Å². The first-order valence-corrected chi connectivity index (χ1v) is 5.58. The van der Waals surface area contributed by atoms with Gasteiger partial charge in [0, 0.05) is 17.8 Å². The van der Waals surface area contributed by atoms with E-state index in [0.717, 1.165) is 19.4 Å². The molecule has 1 heterocycles. The third kappa shape index (κ3) is 3.89. The van der Waals surface area contributed by atoms with Gasteiger partial charge >= 0.3 is 0 Å². The standard InChI is InChI=1S/C10H17NOS/c1-2-9(8-11)12-6-5-10-4-3-7-13-10/h3-4,7,9H,2,5-6,8,11H2,1H3. The van der Waals surface area contributed by atoms with Crippen molar-refractivity contribution in [2.24, 2.45) is 5.73 Å². The Morgan fingerprint density at radius 3 is 3.00 bits per heavy atom. The Labute approximate surface area is 83.7 Å². The van der Waals surface area contributed by atoms with Crippen molar-refractivity contribution in [1.82, 2.24) is 0 Å². The molecule has 0 fully saturated rings. The number of thiophene rings is 1. The van der Waals surface area contributed by atoms with Crippen molar-refractivity contribution >= 4 is 11.3 Å². The zero-order valence-corrected chi connectivity index (χ0v) is 8.85. The molecule has 0 aliphatic rings. The van der Waals surface area contributed by atoms with Crippen molar-refractivity contribution < 1.29 is 4.74 Å². The maximum Gasteiger partial charge on any atom is 0.0694 e. The molecule has 2 N–H and O–H groups in total. The minimum Gasteiger partial charge on any atom is -0.377 e. The Bertz CT molecular complexity index is 207. The molecule has 0 bridgehead atoms. The van der Waals surface area contributed by atoms with Gasteiger partial charge in [0.05, 0.1) is 12.7 Å². The molecule has 0 amide bonds. The van der Waals surface area contributed by atoms with Gasteiger partial charge in [0.15, 0.2) is 0 Å². The average molecular weight is 199 g/mol. The van der Waals surface area contributed by atoms with Crippen LogP contribution in [0, 0.1) is 0 Å². The number of hydrogen-bond acceptors (Lipinski definition) is 3. The lowest BCUT2D eigenvalue weighted by Crippen LogP contribution is -2.23. The molecular formula is C10H17NOS. The molecule has 0 radical (unpaired) electrons. The second-order valence-corrected chi connectivity index (χ2v) is 4.00. The first kappa shape index (κ1) is 10.7. The van der Waals surface area contributed by atoms with Gasteiger partial charge in [-0.25, -0.2) is 0 Å². The Morgan fingerprint density at radius 1 is 1.62 bits per heavy atom. The van der Waals surface area contributed by atoms with Crippen molar-refractivity contribution in [2.75, 3.05) is 13.2 Å². The Kier molecular flexibility index (Phi) is 5.05. The maximum atomic E-state index is 5.60. The summed E-state index contributed by atoms with van der Waals surface area (Å²) in [6.45, 7) is 3.51. The van der Waals surface area contributed by atoms with E-state index in [9.17, 15) is 0 Å². The highest BCUT2D eigenvalue weighted by Gasteiger charge is 2.02. The zero-order valence-electron chi connectivity index (χ0n) is 8.03. The van der Waals surface area contributed by atoms with Gasteiger partial charge in [-0.15, -0.1) is 11.3 Å². The van der Waals surface area contributed by atoms with E-state index in [4.69, 9.17) is 10.5 Å². The lowest BCUT2D eigenvalue weighted by atomic mass is 10.3. The predicted molar refractivity (Wildman–Crippen MR) is 57.1 cm³/mol. The van der Waals surface area contributed by atoms with E-state index in [-0.39, 0.29) is 6.10 Å². The minimum absolute atomic E-state index is 0.236. The molecule has 1 unspecified atom stereocenters. The summed E-state index contributed by atoms with van der Waals surface area (Å²) in [5.41, 5.74) is 5.52. The third-order valence-corrected chi connectivity index (χ3v) is 2.94. The summed E-state index contributed by atoms with van der Waals surface area (Å²) >= 11 is 1.78. The molecule has 0 spiro atoms. The van der Waals surface area contributed by atoms with Gasteiger partial charge in [-0.1, -0.05) is 13.0 Å². The lowest BCUT2D eigenvalue weighted by Gasteiger charge is -2.12. The second kappa shape index (κ2) is 6.13. The fourth-order valence-electron chi connectivity index (χ4n) is 1.13. The van der Waals surface area contributed by atoms with Gasteiger partial charge in [-0.2, -0.15) is 0 Å². The Hall–Kier alpha value is -0.380. The Morgan fingerprint density at radius 2 is 2.46 bits per heavy atom. The first-order chi connectivity index (χ1) is 6.36. The number of rotatable bonds is 6. The number of ether oxygens (including phenoxy) is 1. The molecule has 0 aliphatic heterocycles. The van der Waals surface area contributed by atoms with Crippen LogP contribution >= 0.6 is 11.3 Å². The van der Waals surface area contributed by atoms with E-state index in [0.29, 0.717) is 6.54 Å². The third-order valence-electron chi connectivity index (χ3n) is 2.00. The molecule has 1 rings (SSSR count). The summed E-state index contributed by atoms with van der Waals surface area (Å²) in [6, 6.07) is 4.21. The SMILES string of the molecule is CCC(CN)OCCc1cccs1. The minimum atomic E-state index is 0.236. The fourth-order valence-corrected chi connectivity index (χ4v) is 1.82. The van der Waals surface area contributed by atoms with Crippen LogP contribution in [-0.2, 0) is 11.2 Å². The quantitative estimate of drug-likeness (QED) is 0.761. The van der Waals surface area contributed by atoms with Gasteiger partial charge in [-0.3, -0.25) is 0 Å². The van der Waals surface area contributed by atoms with Crippen LogP contribution in [0.5, 0.6) is 0 Å². The monoisotopic (exact) mass is 199 g/mol. The van der Waals surface area contributed by atoms with Crippen LogP contribution in [0.4, 0.5) is 0 Å². The van der Waals surface area contributed by atoms with E-state index >= 15 is 0 Å². The van der Waals surface area contributed by atoms with Gasteiger partial charge in [0.2, 0.25) is 0 Å². The molecule has 2 nitrogen and oxygen atoms in total. The molecule has 3 heteroatoms. The van der Waals surface area contributed by atoms with Crippen molar-refractivity contribution in [3.8, 4) is 0 Å². The van der Waals surface area contributed by atoms with Gasteiger partial charge in [0.1, 0.15) is 0 Å². The molecule has 0 saturated heterocycles. The van der Waals surface area contributed by atoms with Crippen LogP contribution in [-0.4, -0.2) is 19.3 Å². The average Bonchev–Trinajstić information content (AvgIpc) is 2.65. The summed E-state index contributed by atoms with van der Waals surface area (Å²) in [5.74, 6) is 0. The normalized spacial score (nSPS) is 13.1. The summed E-state index contributed by atoms with van der Waals surface area (Å²) in [4.78, 5) is 1.38. The van der Waals surface area contributed by atoms with Crippen LogP contribution in [0.2, 0.25) is 0 Å². The highest BCUT2D eigenvalue weighted by atomic mass is 32.1. The molecule has 0 aromatic carbocycles. The summed E-state index contributed by atoms with van der Waals surface area (Å²) in [5, 5.41) is 2.09. The van der Waals surface area contributed by atoms with Crippen LogP contribution in [0.3, 0.4) is 0 Å². The predicted octanol–water partition coefficient (Wildman–Crippen LogP) is 2.04. The molecule has 1 atom stereocenters. The summed E-state index contributed by atoms with van der Waals surface area (Å²) in [7, 11) is 0. The van der Waals surface area contributed by atoms with Gasteiger partial charge in [-0.05, 0) is 17.9 Å². The molecule has 1 aromatic heterocycles. The van der Waals surface area contributed by atoms with Crippen molar-refractivity contribution in [2.45, 2.75) is 25.9 Å². The van der Waals surface area contributed by atoms with E-state index < -0.39 is 0 Å². The van der Waals surface area contributed by atoms with Gasteiger partial charge < -0.3 is 10.5 Å². The number of hydrogen-bond donors (Lipinski definition) is 1. The van der Waals surface area contributed by atoms with E-state index in [1.807, 2.05) is 0 Å². The van der Waals surface area contributed by atoms with Crippen LogP contribution in [0.25, 0.3) is 0 Å². The lowest BCUT2D eigenvalue weighted by molar-refractivity contribution is 0.0592. The van der Waals surface area contributed by atoms with Crippen LogP contribution in [0.1, 0.15) is 18.2 Å². The molecule has 13 heavy (non-hydrogen) atoms. The van der Waals surface area contributed by atoms with Crippen molar-refractivity contribution in [3.63, 3.8) is 0 Å². The maximum absolute atomic E-state index is 5.60. The highest BCUT2D eigenvalue weighted by molar-refractivity contribution is 7.09. The second-order valence-electron chi connectivity index (χ2n) is 2.97. The van der Waals surface area contributed by atoms with Crippen molar-refractivity contribution in [1.29, 1.82) is 0 Å². The van der Waals surface area contributed by atoms with Gasteiger partial charge in [0.25, 0.3) is 0 Å². The molecule has 1 aromatic rings. The fraction of sp³-hybridized carbons (Fsp3) is 0.600. The summed E-state index contributed by atoms with van der Waals surface area (Å²) in [6.07, 6.45) is 2.25. The van der Waals surface area contributed by atoms with Crippen LogP contribution in [0.15, 0.2) is 17.5 Å². The molecule has 0 saturated carbocycles. The molecule has 74 valence electrons. The smallest absolute Gasteiger partial charge is 0.0694 e. The topological polar surface area (TPSA) is 35.2 Å². The molecular weight excluding hydrogens is 182 g/mol. The van der Waals surface area contributed by atoms with E-state index in [2.05, 4.69) is 24.4 Å². The summed E-state index contributed by atoms with van der Waals surface area (Å²) < 4.78 is 5.60. The molecule has 0 aliphatic carbocycles. The van der Waals surface area contributed by atoms with E-state index in [1.54, 1.807) is 11.3 Å². The number of nitrogens with two attached hydrogens (primary N) is 1.